The summed E-state index contributed by atoms with van der Waals surface area (Å²) in [6.07, 6.45) is 4.12. The molecule has 0 saturated carbocycles. The summed E-state index contributed by atoms with van der Waals surface area (Å²) in [5.41, 5.74) is 0.634. The minimum atomic E-state index is -0.771. The lowest BCUT2D eigenvalue weighted by atomic mass is 10.3. The van der Waals surface area contributed by atoms with E-state index in [2.05, 4.69) is 5.32 Å². The number of esters is 1. The van der Waals surface area contributed by atoms with Crippen LogP contribution in [0.3, 0.4) is 0 Å². The molecule has 2 rings (SSSR count). The number of amides is 1. The highest BCUT2D eigenvalue weighted by Gasteiger charge is 2.11. The Bertz CT molecular complexity index is 814. The molecule has 130 valence electrons. The Morgan fingerprint density at radius 3 is 2.76 bits per heavy atom. The SMILES string of the molecule is CSc1ccccc1NC(=O)COC(=O)/C=C/c1ccc([N+](=O)[O-])o1. The van der Waals surface area contributed by atoms with Gasteiger partial charge in [0.05, 0.1) is 11.8 Å². The van der Waals surface area contributed by atoms with Gasteiger partial charge in [-0.25, -0.2) is 4.79 Å². The molecule has 0 radical (unpaired) electrons. The highest BCUT2D eigenvalue weighted by Crippen LogP contribution is 2.24. The molecule has 1 N–H and O–H groups in total. The van der Waals surface area contributed by atoms with Crippen LogP contribution in [0, 0.1) is 10.1 Å². The number of hydrogen-bond acceptors (Lipinski definition) is 7. The van der Waals surface area contributed by atoms with Crippen molar-refractivity contribution in [3.05, 3.63) is 58.3 Å². The van der Waals surface area contributed by atoms with Gasteiger partial charge in [-0.3, -0.25) is 14.9 Å². The number of nitrogens with zero attached hydrogens (tertiary/aromatic N) is 1. The van der Waals surface area contributed by atoms with E-state index in [1.807, 2.05) is 18.4 Å². The lowest BCUT2D eigenvalue weighted by molar-refractivity contribution is -0.402. The maximum atomic E-state index is 11.8. The molecule has 0 aliphatic carbocycles. The minimum absolute atomic E-state index is 0.127. The number of thioether (sulfide) groups is 1. The Morgan fingerprint density at radius 1 is 1.32 bits per heavy atom. The molecule has 2 aromatic rings. The normalized spacial score (nSPS) is 10.6. The van der Waals surface area contributed by atoms with Crippen LogP contribution < -0.4 is 5.32 Å². The first-order valence-electron chi connectivity index (χ1n) is 7.01. The first-order chi connectivity index (χ1) is 12.0. The van der Waals surface area contributed by atoms with E-state index in [4.69, 9.17) is 9.15 Å². The van der Waals surface area contributed by atoms with E-state index in [0.717, 1.165) is 11.0 Å². The third-order valence-corrected chi connectivity index (χ3v) is 3.70. The Balaban J connectivity index is 1.83. The molecule has 0 aliphatic rings. The van der Waals surface area contributed by atoms with Crippen LogP contribution in [-0.2, 0) is 14.3 Å². The van der Waals surface area contributed by atoms with Crippen LogP contribution in [0.25, 0.3) is 6.08 Å². The van der Waals surface area contributed by atoms with Crippen molar-refractivity contribution in [3.8, 4) is 0 Å². The van der Waals surface area contributed by atoms with Gasteiger partial charge in [0.25, 0.3) is 5.91 Å². The van der Waals surface area contributed by atoms with Crippen molar-refractivity contribution in [2.75, 3.05) is 18.2 Å². The van der Waals surface area contributed by atoms with Crippen LogP contribution >= 0.6 is 11.8 Å². The van der Waals surface area contributed by atoms with E-state index in [-0.39, 0.29) is 5.76 Å². The second-order valence-electron chi connectivity index (χ2n) is 4.62. The van der Waals surface area contributed by atoms with E-state index in [9.17, 15) is 19.7 Å². The average molecular weight is 362 g/mol. The van der Waals surface area contributed by atoms with Crippen molar-refractivity contribution in [2.45, 2.75) is 4.90 Å². The lowest BCUT2D eigenvalue weighted by Crippen LogP contribution is -2.20. The first-order valence-corrected chi connectivity index (χ1v) is 8.24. The number of furan rings is 1. The Hall–Kier alpha value is -3.07. The molecular formula is C16H14N2O6S. The van der Waals surface area contributed by atoms with Gasteiger partial charge >= 0.3 is 11.9 Å². The van der Waals surface area contributed by atoms with Crippen LogP contribution in [0.4, 0.5) is 11.6 Å². The van der Waals surface area contributed by atoms with Crippen molar-refractivity contribution in [3.63, 3.8) is 0 Å². The number of carbonyl (C=O) groups excluding carboxylic acids is 2. The van der Waals surface area contributed by atoms with Gasteiger partial charge in [0.2, 0.25) is 0 Å². The number of para-hydroxylation sites is 1. The van der Waals surface area contributed by atoms with Gasteiger partial charge in [-0.1, -0.05) is 12.1 Å². The van der Waals surface area contributed by atoms with E-state index in [1.54, 1.807) is 12.1 Å². The number of nitro groups is 1. The number of benzene rings is 1. The van der Waals surface area contributed by atoms with Crippen molar-refractivity contribution >= 4 is 41.3 Å². The molecule has 9 heteroatoms. The summed E-state index contributed by atoms with van der Waals surface area (Å²) < 4.78 is 9.66. The van der Waals surface area contributed by atoms with Crippen LogP contribution in [-0.4, -0.2) is 29.7 Å². The fourth-order valence-electron chi connectivity index (χ4n) is 1.80. The van der Waals surface area contributed by atoms with Crippen LogP contribution in [0.2, 0.25) is 0 Å². The molecule has 25 heavy (non-hydrogen) atoms. The molecule has 1 aromatic carbocycles. The fourth-order valence-corrected chi connectivity index (χ4v) is 2.35. The standard InChI is InChI=1S/C16H14N2O6S/c1-25-13-5-3-2-4-12(13)17-14(19)10-23-16(20)9-7-11-6-8-15(24-11)18(21)22/h2-9H,10H2,1H3,(H,17,19)/b9-7+. The maximum absolute atomic E-state index is 11.8. The maximum Gasteiger partial charge on any atom is 0.433 e. The number of carbonyl (C=O) groups is 2. The number of nitrogens with one attached hydrogen (secondary N) is 1. The summed E-state index contributed by atoms with van der Waals surface area (Å²) in [6.45, 7) is -0.454. The van der Waals surface area contributed by atoms with Crippen LogP contribution in [0.15, 0.2) is 51.8 Å². The smallest absolute Gasteiger partial charge is 0.433 e. The van der Waals surface area contributed by atoms with Crippen LogP contribution in [0.1, 0.15) is 5.76 Å². The van der Waals surface area contributed by atoms with E-state index in [0.29, 0.717) is 5.69 Å². The first kappa shape index (κ1) is 18.3. The van der Waals surface area contributed by atoms with E-state index < -0.39 is 29.3 Å². The van der Waals surface area contributed by atoms with Gasteiger partial charge in [-0.2, -0.15) is 0 Å². The predicted molar refractivity (Wildman–Crippen MR) is 92.2 cm³/mol. The number of ether oxygens (including phenoxy) is 1. The van der Waals surface area contributed by atoms with Gasteiger partial charge in [-0.05, 0) is 30.5 Å². The van der Waals surface area contributed by atoms with Crippen LogP contribution in [0.5, 0.6) is 0 Å². The van der Waals surface area contributed by atoms with Gasteiger partial charge in [0, 0.05) is 11.0 Å². The summed E-state index contributed by atoms with van der Waals surface area (Å²) in [7, 11) is 0. The summed E-state index contributed by atoms with van der Waals surface area (Å²) >= 11 is 1.48. The average Bonchev–Trinajstić information content (AvgIpc) is 3.08. The largest absolute Gasteiger partial charge is 0.452 e. The third kappa shape index (κ3) is 5.50. The Kier molecular flexibility index (Phi) is 6.35. The van der Waals surface area contributed by atoms with Gasteiger partial charge in [0.15, 0.2) is 6.61 Å². The van der Waals surface area contributed by atoms with Crippen molar-refractivity contribution in [2.24, 2.45) is 0 Å². The topological polar surface area (TPSA) is 112 Å². The van der Waals surface area contributed by atoms with E-state index >= 15 is 0 Å². The van der Waals surface area contributed by atoms with Gasteiger partial charge in [-0.15, -0.1) is 11.8 Å². The Labute approximate surface area is 147 Å². The number of anilines is 1. The molecule has 8 nitrogen and oxygen atoms in total. The quantitative estimate of drug-likeness (QED) is 0.265. The Morgan fingerprint density at radius 2 is 2.08 bits per heavy atom. The molecule has 0 bridgehead atoms. The lowest BCUT2D eigenvalue weighted by Gasteiger charge is -2.08. The molecule has 0 aliphatic heterocycles. The van der Waals surface area contributed by atoms with Gasteiger partial charge < -0.3 is 14.5 Å². The molecule has 0 unspecified atom stereocenters. The van der Waals surface area contributed by atoms with Crippen molar-refractivity contribution in [1.82, 2.24) is 0 Å². The second-order valence-corrected chi connectivity index (χ2v) is 5.47. The molecule has 0 fully saturated rings. The molecule has 1 amide bonds. The minimum Gasteiger partial charge on any atom is -0.452 e. The highest BCUT2D eigenvalue weighted by atomic mass is 32.2. The van der Waals surface area contributed by atoms with Gasteiger partial charge in [0.1, 0.15) is 10.7 Å². The summed E-state index contributed by atoms with van der Waals surface area (Å²) in [5.74, 6) is -1.55. The zero-order valence-electron chi connectivity index (χ0n) is 13.1. The van der Waals surface area contributed by atoms with E-state index in [1.165, 1.54) is 30.0 Å². The fraction of sp³-hybridized carbons (Fsp3) is 0.125. The molecule has 1 aromatic heterocycles. The summed E-state index contributed by atoms with van der Waals surface area (Å²) in [5, 5.41) is 13.1. The molecule has 0 atom stereocenters. The van der Waals surface area contributed by atoms with Crippen molar-refractivity contribution in [1.29, 1.82) is 0 Å². The zero-order chi connectivity index (χ0) is 18.2. The second kappa shape index (κ2) is 8.69. The number of rotatable bonds is 7. The molecule has 0 spiro atoms. The highest BCUT2D eigenvalue weighted by molar-refractivity contribution is 7.98. The molecule has 0 saturated heterocycles. The zero-order valence-corrected chi connectivity index (χ0v) is 13.9. The monoisotopic (exact) mass is 362 g/mol. The molecular weight excluding hydrogens is 348 g/mol. The number of hydrogen-bond donors (Lipinski definition) is 1. The summed E-state index contributed by atoms with van der Waals surface area (Å²) in [4.78, 5) is 34.1. The third-order valence-electron chi connectivity index (χ3n) is 2.90. The summed E-state index contributed by atoms with van der Waals surface area (Å²) in [6, 6.07) is 9.75. The van der Waals surface area contributed by atoms with Crippen molar-refractivity contribution < 1.29 is 23.7 Å². The predicted octanol–water partition coefficient (Wildman–Crippen LogP) is 3.10. The molecule has 1 heterocycles.